The Morgan fingerprint density at radius 2 is 1.07 bits per heavy atom. The molecule has 1 unspecified atom stereocenters. The van der Waals surface area contributed by atoms with Crippen molar-refractivity contribution in [2.45, 2.75) is 121 Å². The molecule has 1 atom stereocenters. The zero-order valence-corrected chi connectivity index (χ0v) is 21.9. The molecule has 5 heteroatoms. The molecule has 0 spiro atoms. The van der Waals surface area contributed by atoms with Gasteiger partial charge in [0.1, 0.15) is 10.1 Å². The molecular weight excluding hydrogens is 391 g/mol. The van der Waals surface area contributed by atoms with Crippen LogP contribution in [0.5, 0.6) is 0 Å². The zero-order chi connectivity index (χ0) is 20.7. The van der Waals surface area contributed by atoms with Gasteiger partial charge in [-0.15, -0.1) is 0 Å². The Morgan fingerprint density at radius 3 is 1.45 bits per heavy atom. The molecular formula is C24H41NaO3S. The molecule has 0 fully saturated rings. The van der Waals surface area contributed by atoms with Crippen molar-refractivity contribution < 1.29 is 42.5 Å². The van der Waals surface area contributed by atoms with Crippen molar-refractivity contribution in [1.82, 2.24) is 0 Å². The smallest absolute Gasteiger partial charge is 0.744 e. The summed E-state index contributed by atoms with van der Waals surface area (Å²) >= 11 is 0. The number of benzene rings is 1. The minimum absolute atomic E-state index is 0. The van der Waals surface area contributed by atoms with Crippen LogP contribution in [0.1, 0.15) is 122 Å². The maximum atomic E-state index is 11.2. The molecule has 0 aliphatic rings. The first kappa shape index (κ1) is 29.1. The molecule has 0 aliphatic heterocycles. The van der Waals surface area contributed by atoms with Crippen LogP contribution < -0.4 is 29.6 Å². The maximum Gasteiger partial charge on any atom is 1.00 e. The van der Waals surface area contributed by atoms with Crippen LogP contribution in [-0.4, -0.2) is 13.0 Å². The molecule has 0 aliphatic carbocycles. The predicted molar refractivity (Wildman–Crippen MR) is 118 cm³/mol. The summed E-state index contributed by atoms with van der Waals surface area (Å²) in [5.74, 6) is 0.477. The summed E-state index contributed by atoms with van der Waals surface area (Å²) in [6.07, 6.45) is 19.2. The zero-order valence-electron chi connectivity index (χ0n) is 19.1. The molecule has 0 aromatic heterocycles. The molecule has 0 bridgehead atoms. The van der Waals surface area contributed by atoms with Gasteiger partial charge < -0.3 is 4.55 Å². The molecule has 0 radical (unpaired) electrons. The van der Waals surface area contributed by atoms with Crippen molar-refractivity contribution >= 4 is 10.1 Å². The normalized spacial score (nSPS) is 12.5. The third-order valence-electron chi connectivity index (χ3n) is 5.70. The van der Waals surface area contributed by atoms with Gasteiger partial charge in [0, 0.05) is 0 Å². The molecule has 0 saturated heterocycles. The van der Waals surface area contributed by atoms with E-state index in [-0.39, 0.29) is 34.5 Å². The monoisotopic (exact) mass is 432 g/mol. The number of unbranched alkanes of at least 4 members (excludes halogenated alkanes) is 11. The minimum atomic E-state index is -4.36. The van der Waals surface area contributed by atoms with Crippen LogP contribution in [0.4, 0.5) is 0 Å². The van der Waals surface area contributed by atoms with Gasteiger partial charge in [-0.1, -0.05) is 109 Å². The third kappa shape index (κ3) is 13.9. The summed E-state index contributed by atoms with van der Waals surface area (Å²) in [4.78, 5) is -0.120. The molecule has 0 N–H and O–H groups in total. The average molecular weight is 433 g/mol. The summed E-state index contributed by atoms with van der Waals surface area (Å²) in [6, 6.07) is 6.68. The van der Waals surface area contributed by atoms with Crippen molar-refractivity contribution in [2.75, 3.05) is 0 Å². The second-order valence-electron chi connectivity index (χ2n) is 8.19. The van der Waals surface area contributed by atoms with Gasteiger partial charge in [-0.25, -0.2) is 8.42 Å². The van der Waals surface area contributed by atoms with Gasteiger partial charge in [-0.05, 0) is 36.5 Å². The van der Waals surface area contributed by atoms with E-state index in [9.17, 15) is 13.0 Å². The third-order valence-corrected chi connectivity index (χ3v) is 6.55. The van der Waals surface area contributed by atoms with Crippen LogP contribution in [0, 0.1) is 0 Å². The van der Waals surface area contributed by atoms with E-state index in [1.54, 1.807) is 0 Å². The first-order valence-corrected chi connectivity index (χ1v) is 13.0. The SMILES string of the molecule is CCCCCCCCCC(CCCCCCCC)c1ccc(S(=O)(=O)[O-])cc1.[Na+]. The summed E-state index contributed by atoms with van der Waals surface area (Å²) in [5.41, 5.74) is 1.19. The second-order valence-corrected chi connectivity index (χ2v) is 9.57. The fourth-order valence-electron chi connectivity index (χ4n) is 3.90. The van der Waals surface area contributed by atoms with Gasteiger partial charge in [-0.2, -0.15) is 0 Å². The van der Waals surface area contributed by atoms with E-state index < -0.39 is 10.1 Å². The summed E-state index contributed by atoms with van der Waals surface area (Å²) < 4.78 is 33.5. The van der Waals surface area contributed by atoms with Gasteiger partial charge in [0.2, 0.25) is 0 Å². The van der Waals surface area contributed by atoms with E-state index >= 15 is 0 Å². The summed E-state index contributed by atoms with van der Waals surface area (Å²) in [6.45, 7) is 4.49. The molecule has 0 heterocycles. The van der Waals surface area contributed by atoms with Crippen LogP contribution in [0.2, 0.25) is 0 Å². The molecule has 0 saturated carbocycles. The Labute approximate surface area is 202 Å². The van der Waals surface area contributed by atoms with Crippen molar-refractivity contribution in [3.05, 3.63) is 29.8 Å². The van der Waals surface area contributed by atoms with Crippen molar-refractivity contribution in [3.8, 4) is 0 Å². The first-order valence-electron chi connectivity index (χ1n) is 11.5. The molecule has 1 rings (SSSR count). The molecule has 0 amide bonds. The van der Waals surface area contributed by atoms with E-state index in [1.807, 2.05) is 12.1 Å². The first-order chi connectivity index (χ1) is 13.5. The molecule has 29 heavy (non-hydrogen) atoms. The van der Waals surface area contributed by atoms with Crippen molar-refractivity contribution in [2.24, 2.45) is 0 Å². The van der Waals surface area contributed by atoms with Crippen LogP contribution in [0.25, 0.3) is 0 Å². The van der Waals surface area contributed by atoms with E-state index in [0.29, 0.717) is 5.92 Å². The standard InChI is InChI=1S/C24H42O3S.Na/c1-3-5-7-9-11-13-15-17-22(16-14-12-10-8-6-4-2)23-18-20-24(21-19-23)28(25,26)27;/h18-22H,3-17H2,1-2H3,(H,25,26,27);/q;+1/p-1. The molecule has 1 aromatic rings. The van der Waals surface area contributed by atoms with E-state index in [1.165, 1.54) is 101 Å². The van der Waals surface area contributed by atoms with Gasteiger partial charge in [0.15, 0.2) is 0 Å². The van der Waals surface area contributed by atoms with Gasteiger partial charge in [0.05, 0.1) is 4.90 Å². The minimum Gasteiger partial charge on any atom is -0.744 e. The van der Waals surface area contributed by atoms with Crippen LogP contribution >= 0.6 is 0 Å². The Bertz CT molecular complexity index is 599. The maximum absolute atomic E-state index is 11.2. The van der Waals surface area contributed by atoms with Crippen molar-refractivity contribution in [3.63, 3.8) is 0 Å². The van der Waals surface area contributed by atoms with E-state index in [4.69, 9.17) is 0 Å². The molecule has 3 nitrogen and oxygen atoms in total. The van der Waals surface area contributed by atoms with Gasteiger partial charge in [0.25, 0.3) is 0 Å². The van der Waals surface area contributed by atoms with E-state index in [2.05, 4.69) is 13.8 Å². The molecule has 162 valence electrons. The Hall–Kier alpha value is 0.130. The fourth-order valence-corrected chi connectivity index (χ4v) is 4.37. The fraction of sp³-hybridized carbons (Fsp3) is 0.750. The summed E-state index contributed by atoms with van der Waals surface area (Å²) in [7, 11) is -4.36. The molecule has 1 aromatic carbocycles. The Kier molecular flexibility index (Phi) is 17.9. The van der Waals surface area contributed by atoms with Crippen LogP contribution in [0.3, 0.4) is 0 Å². The predicted octanol–water partition coefficient (Wildman–Crippen LogP) is 4.57. The number of hydrogen-bond donors (Lipinski definition) is 0. The van der Waals surface area contributed by atoms with E-state index in [0.717, 1.165) is 12.8 Å². The second kappa shape index (κ2) is 17.8. The topological polar surface area (TPSA) is 57.2 Å². The van der Waals surface area contributed by atoms with Crippen LogP contribution in [0.15, 0.2) is 29.2 Å². The Morgan fingerprint density at radius 1 is 0.690 bits per heavy atom. The summed E-state index contributed by atoms with van der Waals surface area (Å²) in [5, 5.41) is 0. The number of rotatable bonds is 17. The Balaban J connectivity index is 0.00000784. The largest absolute Gasteiger partial charge is 1.00 e. The quantitative estimate of drug-likeness (QED) is 0.206. The average Bonchev–Trinajstić information content (AvgIpc) is 2.67. The number of hydrogen-bond acceptors (Lipinski definition) is 3. The van der Waals surface area contributed by atoms with Crippen molar-refractivity contribution in [1.29, 1.82) is 0 Å². The van der Waals surface area contributed by atoms with Crippen LogP contribution in [-0.2, 0) is 10.1 Å². The van der Waals surface area contributed by atoms with Gasteiger partial charge >= 0.3 is 29.6 Å². The van der Waals surface area contributed by atoms with Gasteiger partial charge in [-0.3, -0.25) is 0 Å².